The fourth-order valence-electron chi connectivity index (χ4n) is 2.12. The molecule has 0 bridgehead atoms. The van der Waals surface area contributed by atoms with Crippen LogP contribution in [-0.4, -0.2) is 36.9 Å². The Bertz CT molecular complexity index is 425. The normalized spacial score (nSPS) is 14.6. The summed E-state index contributed by atoms with van der Waals surface area (Å²) >= 11 is 0. The maximum Gasteiger partial charge on any atom is 0.236 e. The average molecular weight is 246 g/mol. The molecule has 96 valence electrons. The van der Waals surface area contributed by atoms with Crippen LogP contribution in [0.25, 0.3) is 0 Å². The number of anilines is 1. The molecule has 4 nitrogen and oxygen atoms in total. The topological polar surface area (TPSA) is 40.6 Å². The zero-order valence-corrected chi connectivity index (χ0v) is 10.6. The van der Waals surface area contributed by atoms with E-state index in [1.54, 1.807) is 11.9 Å². The van der Waals surface area contributed by atoms with Gasteiger partial charge < -0.3 is 9.80 Å². The molecule has 0 aromatic heterocycles. The molecule has 0 saturated carbocycles. The molecule has 1 saturated heterocycles. The molecule has 4 heteroatoms. The first-order chi connectivity index (χ1) is 8.68. The monoisotopic (exact) mass is 246 g/mol. The van der Waals surface area contributed by atoms with Gasteiger partial charge in [0, 0.05) is 25.8 Å². The maximum absolute atomic E-state index is 12.0. The van der Waals surface area contributed by atoms with Crippen molar-refractivity contribution in [1.29, 1.82) is 0 Å². The van der Waals surface area contributed by atoms with Crippen molar-refractivity contribution in [2.24, 2.45) is 0 Å². The number of nitrogens with zero attached hydrogens (tertiary/aromatic N) is 2. The molecule has 0 unspecified atom stereocenters. The Morgan fingerprint density at radius 2 is 1.78 bits per heavy atom. The predicted molar refractivity (Wildman–Crippen MR) is 70.3 cm³/mol. The zero-order valence-electron chi connectivity index (χ0n) is 10.6. The molecule has 1 aromatic carbocycles. The molecule has 2 rings (SSSR count). The van der Waals surface area contributed by atoms with E-state index in [-0.39, 0.29) is 18.2 Å². The summed E-state index contributed by atoms with van der Waals surface area (Å²) < 4.78 is 0. The molecule has 0 aliphatic carbocycles. The van der Waals surface area contributed by atoms with Crippen LogP contribution in [-0.2, 0) is 9.59 Å². The highest BCUT2D eigenvalue weighted by molar-refractivity contribution is 6.04. The van der Waals surface area contributed by atoms with Crippen LogP contribution in [0, 0.1) is 0 Å². The second kappa shape index (κ2) is 5.67. The van der Waals surface area contributed by atoms with Gasteiger partial charge in [-0.15, -0.1) is 0 Å². The molecule has 1 aromatic rings. The van der Waals surface area contributed by atoms with E-state index >= 15 is 0 Å². The summed E-state index contributed by atoms with van der Waals surface area (Å²) in [6, 6.07) is 9.37. The SMILES string of the molecule is CN(C(=O)CC(=O)N1CCCC1)c1ccccc1. The van der Waals surface area contributed by atoms with Gasteiger partial charge >= 0.3 is 0 Å². The largest absolute Gasteiger partial charge is 0.342 e. The van der Waals surface area contributed by atoms with Crippen LogP contribution in [0.1, 0.15) is 19.3 Å². The van der Waals surface area contributed by atoms with Crippen molar-refractivity contribution in [3.05, 3.63) is 30.3 Å². The van der Waals surface area contributed by atoms with E-state index in [1.807, 2.05) is 30.3 Å². The fourth-order valence-corrected chi connectivity index (χ4v) is 2.12. The van der Waals surface area contributed by atoms with Gasteiger partial charge in [0.25, 0.3) is 0 Å². The zero-order chi connectivity index (χ0) is 13.0. The van der Waals surface area contributed by atoms with Gasteiger partial charge in [-0.1, -0.05) is 18.2 Å². The van der Waals surface area contributed by atoms with E-state index in [9.17, 15) is 9.59 Å². The van der Waals surface area contributed by atoms with E-state index in [4.69, 9.17) is 0 Å². The van der Waals surface area contributed by atoms with Gasteiger partial charge in [-0.2, -0.15) is 0 Å². The van der Waals surface area contributed by atoms with Crippen molar-refractivity contribution in [3.63, 3.8) is 0 Å². The molecule has 1 heterocycles. The lowest BCUT2D eigenvalue weighted by molar-refractivity contribution is -0.134. The molecular formula is C14H18N2O2. The number of likely N-dealkylation sites (tertiary alicyclic amines) is 1. The molecule has 1 aliphatic heterocycles. The second-order valence-corrected chi connectivity index (χ2v) is 4.55. The van der Waals surface area contributed by atoms with Gasteiger partial charge in [0.05, 0.1) is 0 Å². The molecule has 1 fully saturated rings. The van der Waals surface area contributed by atoms with Crippen molar-refractivity contribution < 1.29 is 9.59 Å². The minimum Gasteiger partial charge on any atom is -0.342 e. The summed E-state index contributed by atoms with van der Waals surface area (Å²) in [5, 5.41) is 0. The smallest absolute Gasteiger partial charge is 0.236 e. The highest BCUT2D eigenvalue weighted by Gasteiger charge is 2.22. The van der Waals surface area contributed by atoms with Crippen LogP contribution in [0.15, 0.2) is 30.3 Å². The quantitative estimate of drug-likeness (QED) is 0.761. The van der Waals surface area contributed by atoms with Gasteiger partial charge in [0.2, 0.25) is 11.8 Å². The van der Waals surface area contributed by atoms with Gasteiger partial charge in [0.15, 0.2) is 0 Å². The Hall–Kier alpha value is -1.84. The Morgan fingerprint density at radius 3 is 2.39 bits per heavy atom. The van der Waals surface area contributed by atoms with Crippen molar-refractivity contribution in [2.75, 3.05) is 25.0 Å². The molecule has 2 amide bonds. The van der Waals surface area contributed by atoms with Crippen molar-refractivity contribution in [3.8, 4) is 0 Å². The lowest BCUT2D eigenvalue weighted by Gasteiger charge is -2.19. The van der Waals surface area contributed by atoms with Crippen molar-refractivity contribution >= 4 is 17.5 Å². The Balaban J connectivity index is 1.93. The number of rotatable bonds is 3. The molecular weight excluding hydrogens is 228 g/mol. The van der Waals surface area contributed by atoms with E-state index < -0.39 is 0 Å². The first-order valence-corrected chi connectivity index (χ1v) is 6.28. The van der Waals surface area contributed by atoms with Crippen molar-refractivity contribution in [1.82, 2.24) is 4.90 Å². The van der Waals surface area contributed by atoms with Gasteiger partial charge in [-0.25, -0.2) is 0 Å². The van der Waals surface area contributed by atoms with E-state index in [0.29, 0.717) is 0 Å². The minimum absolute atomic E-state index is 0.0363. The molecule has 18 heavy (non-hydrogen) atoms. The first kappa shape index (κ1) is 12.6. The van der Waals surface area contributed by atoms with E-state index in [0.717, 1.165) is 31.6 Å². The summed E-state index contributed by atoms with van der Waals surface area (Å²) in [6.45, 7) is 1.59. The molecule has 1 aliphatic rings. The lowest BCUT2D eigenvalue weighted by atomic mass is 10.2. The molecule has 0 spiro atoms. The highest BCUT2D eigenvalue weighted by atomic mass is 16.2. The number of para-hydroxylation sites is 1. The Labute approximate surface area is 107 Å². The van der Waals surface area contributed by atoms with Crippen LogP contribution in [0.4, 0.5) is 5.69 Å². The fraction of sp³-hybridized carbons (Fsp3) is 0.429. The number of amides is 2. The number of hydrogen-bond donors (Lipinski definition) is 0. The van der Waals surface area contributed by atoms with Crippen LogP contribution in [0.5, 0.6) is 0 Å². The summed E-state index contributed by atoms with van der Waals surface area (Å²) in [4.78, 5) is 27.2. The van der Waals surface area contributed by atoms with Gasteiger partial charge in [0.1, 0.15) is 6.42 Å². The van der Waals surface area contributed by atoms with E-state index in [1.165, 1.54) is 4.90 Å². The van der Waals surface area contributed by atoms with Crippen LogP contribution in [0.2, 0.25) is 0 Å². The van der Waals surface area contributed by atoms with Crippen LogP contribution in [0.3, 0.4) is 0 Å². The van der Waals surface area contributed by atoms with Crippen LogP contribution >= 0.6 is 0 Å². The third kappa shape index (κ3) is 2.88. The standard InChI is InChI=1S/C14H18N2O2/c1-15(12-7-3-2-4-8-12)13(17)11-14(18)16-9-5-6-10-16/h2-4,7-8H,5-6,9-11H2,1H3. The predicted octanol–water partition coefficient (Wildman–Crippen LogP) is 1.66. The summed E-state index contributed by atoms with van der Waals surface area (Å²) in [5.41, 5.74) is 0.816. The lowest BCUT2D eigenvalue weighted by Crippen LogP contribution is -2.35. The minimum atomic E-state index is -0.155. The summed E-state index contributed by atoms with van der Waals surface area (Å²) in [5.74, 6) is -0.210. The Morgan fingerprint density at radius 1 is 1.17 bits per heavy atom. The highest BCUT2D eigenvalue weighted by Crippen LogP contribution is 2.14. The first-order valence-electron chi connectivity index (χ1n) is 6.28. The van der Waals surface area contributed by atoms with Crippen molar-refractivity contribution in [2.45, 2.75) is 19.3 Å². The third-order valence-corrected chi connectivity index (χ3v) is 3.28. The van der Waals surface area contributed by atoms with E-state index in [2.05, 4.69) is 0 Å². The molecule has 0 radical (unpaired) electrons. The molecule has 0 atom stereocenters. The average Bonchev–Trinajstić information content (AvgIpc) is 2.92. The summed E-state index contributed by atoms with van der Waals surface area (Å²) in [7, 11) is 1.70. The van der Waals surface area contributed by atoms with Gasteiger partial charge in [-0.05, 0) is 25.0 Å². The maximum atomic E-state index is 12.0. The third-order valence-electron chi connectivity index (χ3n) is 3.28. The summed E-state index contributed by atoms with van der Waals surface area (Å²) in [6.07, 6.45) is 2.06. The second-order valence-electron chi connectivity index (χ2n) is 4.55. The molecule has 0 N–H and O–H groups in total. The number of benzene rings is 1. The number of carbonyl (C=O) groups excluding carboxylic acids is 2. The number of hydrogen-bond acceptors (Lipinski definition) is 2. The Kier molecular flexibility index (Phi) is 3.97. The van der Waals surface area contributed by atoms with Crippen LogP contribution < -0.4 is 4.90 Å². The number of carbonyl (C=O) groups is 2. The van der Waals surface area contributed by atoms with Gasteiger partial charge in [-0.3, -0.25) is 9.59 Å².